The molecule has 0 aliphatic carbocycles. The van der Waals surface area contributed by atoms with Gasteiger partial charge in [-0.05, 0) is 55.2 Å². The normalized spacial score (nSPS) is 17.5. The molecule has 2 aromatic carbocycles. The number of rotatable bonds is 3. The van der Waals surface area contributed by atoms with Gasteiger partial charge in [-0.1, -0.05) is 24.3 Å². The van der Waals surface area contributed by atoms with Crippen LogP contribution >= 0.6 is 0 Å². The third-order valence-corrected chi connectivity index (χ3v) is 5.64. The van der Waals surface area contributed by atoms with Crippen molar-refractivity contribution in [2.75, 3.05) is 6.54 Å². The first-order valence-corrected chi connectivity index (χ1v) is 9.50. The predicted molar refractivity (Wildman–Crippen MR) is 107 cm³/mol. The fraction of sp³-hybridized carbons (Fsp3) is 0.304. The second-order valence-electron chi connectivity index (χ2n) is 7.51. The van der Waals surface area contributed by atoms with E-state index in [1.165, 1.54) is 28.5 Å². The fourth-order valence-electron chi connectivity index (χ4n) is 4.03. The SMILES string of the molecule is Cc1ccc(C2c3cccn3CCCN2Cc2ccc(O)cc2O)cc1C. The van der Waals surface area contributed by atoms with Crippen molar-refractivity contribution in [2.24, 2.45) is 0 Å². The Balaban J connectivity index is 1.77. The van der Waals surface area contributed by atoms with Crippen molar-refractivity contribution in [3.63, 3.8) is 0 Å². The third-order valence-electron chi connectivity index (χ3n) is 5.64. The minimum atomic E-state index is 0.0895. The van der Waals surface area contributed by atoms with Crippen molar-refractivity contribution in [3.8, 4) is 11.5 Å². The summed E-state index contributed by atoms with van der Waals surface area (Å²) in [6.45, 7) is 6.88. The standard InChI is InChI=1S/C23H26N2O2/c1-16-6-7-18(13-17(16)2)23-21-5-3-10-24(21)11-4-12-25(23)15-19-8-9-20(26)14-22(19)27/h3,5-10,13-14,23,26-27H,4,11-12,15H2,1-2H3. The van der Waals surface area contributed by atoms with Crippen molar-refractivity contribution in [3.05, 3.63) is 82.7 Å². The third kappa shape index (κ3) is 3.45. The highest BCUT2D eigenvalue weighted by atomic mass is 16.3. The Bertz CT molecular complexity index is 961. The van der Waals surface area contributed by atoms with Gasteiger partial charge in [0.05, 0.1) is 6.04 Å². The van der Waals surface area contributed by atoms with Crippen LogP contribution in [0.2, 0.25) is 0 Å². The molecule has 0 fully saturated rings. The molecule has 1 unspecified atom stereocenters. The van der Waals surface area contributed by atoms with Crippen molar-refractivity contribution >= 4 is 0 Å². The van der Waals surface area contributed by atoms with Crippen molar-refractivity contribution < 1.29 is 10.2 Å². The summed E-state index contributed by atoms with van der Waals surface area (Å²) >= 11 is 0. The summed E-state index contributed by atoms with van der Waals surface area (Å²) in [7, 11) is 0. The van der Waals surface area contributed by atoms with Crippen molar-refractivity contribution in [1.29, 1.82) is 0 Å². The molecule has 27 heavy (non-hydrogen) atoms. The lowest BCUT2D eigenvalue weighted by atomic mass is 9.97. The molecule has 0 saturated heterocycles. The van der Waals surface area contributed by atoms with Gasteiger partial charge < -0.3 is 14.8 Å². The van der Waals surface area contributed by atoms with Gasteiger partial charge in [0.15, 0.2) is 0 Å². The van der Waals surface area contributed by atoms with E-state index in [4.69, 9.17) is 0 Å². The molecule has 3 aromatic rings. The van der Waals surface area contributed by atoms with E-state index in [0.29, 0.717) is 6.54 Å². The van der Waals surface area contributed by atoms with Crippen LogP contribution in [0.15, 0.2) is 54.7 Å². The second-order valence-corrected chi connectivity index (χ2v) is 7.51. The zero-order valence-electron chi connectivity index (χ0n) is 15.9. The van der Waals surface area contributed by atoms with E-state index < -0.39 is 0 Å². The molecule has 0 bridgehead atoms. The van der Waals surface area contributed by atoms with Gasteiger partial charge in [0.2, 0.25) is 0 Å². The number of phenolic OH excluding ortho intramolecular Hbond substituents is 2. The summed E-state index contributed by atoms with van der Waals surface area (Å²) in [5.41, 5.74) is 5.99. The molecule has 0 spiro atoms. The van der Waals surface area contributed by atoms with Gasteiger partial charge in [-0.3, -0.25) is 4.90 Å². The Hall–Kier alpha value is -2.72. The first-order valence-electron chi connectivity index (χ1n) is 9.50. The average Bonchev–Trinajstić information content (AvgIpc) is 3.01. The number of phenols is 2. The van der Waals surface area contributed by atoms with Crippen LogP contribution in [0.5, 0.6) is 11.5 Å². The molecule has 1 aliphatic rings. The van der Waals surface area contributed by atoms with Crippen LogP contribution in [-0.4, -0.2) is 26.2 Å². The summed E-state index contributed by atoms with van der Waals surface area (Å²) in [4.78, 5) is 2.43. The molecule has 0 amide bonds. The number of aryl methyl sites for hydroxylation is 3. The van der Waals surface area contributed by atoms with Crippen molar-refractivity contribution in [1.82, 2.24) is 9.47 Å². The van der Waals surface area contributed by atoms with Crippen LogP contribution in [-0.2, 0) is 13.1 Å². The highest BCUT2D eigenvalue weighted by molar-refractivity contribution is 5.40. The van der Waals surface area contributed by atoms with Crippen LogP contribution in [0.25, 0.3) is 0 Å². The Labute approximate surface area is 160 Å². The molecule has 140 valence electrons. The van der Waals surface area contributed by atoms with Gasteiger partial charge in [0.25, 0.3) is 0 Å². The number of aromatic hydroxyl groups is 2. The van der Waals surface area contributed by atoms with Crippen LogP contribution in [0.1, 0.15) is 40.4 Å². The van der Waals surface area contributed by atoms with E-state index in [1.54, 1.807) is 6.07 Å². The quantitative estimate of drug-likeness (QED) is 0.721. The fourth-order valence-corrected chi connectivity index (χ4v) is 4.03. The van der Waals surface area contributed by atoms with Gasteiger partial charge in [-0.15, -0.1) is 0 Å². The van der Waals surface area contributed by atoms with Gasteiger partial charge in [-0.25, -0.2) is 0 Å². The number of hydrogen-bond donors (Lipinski definition) is 2. The maximum absolute atomic E-state index is 10.3. The lowest BCUT2D eigenvalue weighted by molar-refractivity contribution is 0.217. The van der Waals surface area contributed by atoms with Crippen LogP contribution < -0.4 is 0 Å². The molecule has 1 aromatic heterocycles. The minimum absolute atomic E-state index is 0.0895. The highest BCUT2D eigenvalue weighted by Crippen LogP contribution is 2.35. The Morgan fingerprint density at radius 1 is 0.963 bits per heavy atom. The van der Waals surface area contributed by atoms with Gasteiger partial charge >= 0.3 is 0 Å². The molecule has 0 radical (unpaired) electrons. The monoisotopic (exact) mass is 362 g/mol. The number of benzene rings is 2. The highest BCUT2D eigenvalue weighted by Gasteiger charge is 2.28. The molecule has 4 nitrogen and oxygen atoms in total. The molecule has 0 saturated carbocycles. The minimum Gasteiger partial charge on any atom is -0.508 e. The summed E-state index contributed by atoms with van der Waals surface area (Å²) in [5, 5.41) is 19.9. The lowest BCUT2D eigenvalue weighted by Gasteiger charge is -2.31. The smallest absolute Gasteiger partial charge is 0.123 e. The number of fused-ring (bicyclic) bond motifs is 1. The maximum atomic E-state index is 10.3. The number of nitrogens with zero attached hydrogens (tertiary/aromatic N) is 2. The van der Waals surface area contributed by atoms with E-state index in [9.17, 15) is 10.2 Å². The Kier molecular flexibility index (Phi) is 4.66. The molecule has 4 rings (SSSR count). The predicted octanol–water partition coefficient (Wildman–Crippen LogP) is 4.51. The molecule has 2 N–H and O–H groups in total. The molecule has 2 heterocycles. The lowest BCUT2D eigenvalue weighted by Crippen LogP contribution is -2.29. The topological polar surface area (TPSA) is 48.6 Å². The van der Waals surface area contributed by atoms with Crippen LogP contribution in [0, 0.1) is 13.8 Å². The summed E-state index contributed by atoms with van der Waals surface area (Å²) in [6.07, 6.45) is 3.22. The van der Waals surface area contributed by atoms with Crippen molar-refractivity contribution in [2.45, 2.75) is 39.4 Å². The summed E-state index contributed by atoms with van der Waals surface area (Å²) in [5.74, 6) is 0.236. The zero-order valence-corrected chi connectivity index (χ0v) is 15.9. The van der Waals surface area contributed by atoms with Gasteiger partial charge in [-0.2, -0.15) is 0 Å². The van der Waals surface area contributed by atoms with E-state index in [1.807, 2.05) is 6.07 Å². The molecule has 1 aliphatic heterocycles. The molecular formula is C23H26N2O2. The van der Waals surface area contributed by atoms with Crippen LogP contribution in [0.4, 0.5) is 0 Å². The van der Waals surface area contributed by atoms with E-state index >= 15 is 0 Å². The van der Waals surface area contributed by atoms with Crippen LogP contribution in [0.3, 0.4) is 0 Å². The number of aromatic nitrogens is 1. The van der Waals surface area contributed by atoms with E-state index in [2.05, 4.69) is 59.8 Å². The van der Waals surface area contributed by atoms with Gasteiger partial charge in [0.1, 0.15) is 11.5 Å². The first kappa shape index (κ1) is 17.7. The molecular weight excluding hydrogens is 336 g/mol. The second kappa shape index (κ2) is 7.12. The average molecular weight is 362 g/mol. The van der Waals surface area contributed by atoms with E-state index in [0.717, 1.165) is 25.1 Å². The van der Waals surface area contributed by atoms with Gasteiger partial charge in [0, 0.05) is 43.2 Å². The Morgan fingerprint density at radius 2 is 1.81 bits per heavy atom. The summed E-state index contributed by atoms with van der Waals surface area (Å²) in [6, 6.07) is 16.0. The van der Waals surface area contributed by atoms with E-state index in [-0.39, 0.29) is 17.5 Å². The largest absolute Gasteiger partial charge is 0.508 e. The summed E-state index contributed by atoms with van der Waals surface area (Å²) < 4.78 is 2.34. The maximum Gasteiger partial charge on any atom is 0.123 e. The molecule has 1 atom stereocenters. The molecule has 4 heteroatoms. The zero-order chi connectivity index (χ0) is 19.0. The Morgan fingerprint density at radius 3 is 2.59 bits per heavy atom. The number of hydrogen-bond acceptors (Lipinski definition) is 3. The first-order chi connectivity index (χ1) is 13.0.